The zero-order chi connectivity index (χ0) is 16.4. The molecule has 0 saturated carbocycles. The Hall–Kier alpha value is -3.55. The number of nitrogens with one attached hydrogen (secondary N) is 1. The standard InChI is InChI=1S/C15H10N4O4/c20-14(10-4-2-1-3-5-10)17-12-8-16-13-7-6-11(19(22)23)9-18(13)15(12)21/h1-9H,(H,17,20). The van der Waals surface area contributed by atoms with Crippen molar-refractivity contribution in [2.75, 3.05) is 5.32 Å². The van der Waals surface area contributed by atoms with Crippen molar-refractivity contribution in [3.8, 4) is 0 Å². The van der Waals surface area contributed by atoms with E-state index in [0.29, 0.717) is 5.56 Å². The molecule has 0 unspecified atom stereocenters. The van der Waals surface area contributed by atoms with Crippen LogP contribution in [0.1, 0.15) is 10.4 Å². The summed E-state index contributed by atoms with van der Waals surface area (Å²) in [7, 11) is 0. The van der Waals surface area contributed by atoms with Gasteiger partial charge in [-0.2, -0.15) is 0 Å². The van der Waals surface area contributed by atoms with Crippen LogP contribution in [0.4, 0.5) is 11.4 Å². The van der Waals surface area contributed by atoms with Gasteiger partial charge in [0, 0.05) is 11.6 Å². The van der Waals surface area contributed by atoms with E-state index in [4.69, 9.17) is 0 Å². The van der Waals surface area contributed by atoms with Crippen molar-refractivity contribution in [2.24, 2.45) is 0 Å². The number of amides is 1. The predicted molar refractivity (Wildman–Crippen MR) is 82.5 cm³/mol. The smallest absolute Gasteiger partial charge is 0.286 e. The average Bonchev–Trinajstić information content (AvgIpc) is 2.58. The quantitative estimate of drug-likeness (QED) is 0.587. The van der Waals surface area contributed by atoms with Gasteiger partial charge in [0.2, 0.25) is 0 Å². The Kier molecular flexibility index (Phi) is 3.55. The molecule has 0 radical (unpaired) electrons. The molecule has 2 heterocycles. The molecule has 23 heavy (non-hydrogen) atoms. The fourth-order valence-electron chi connectivity index (χ4n) is 2.04. The van der Waals surface area contributed by atoms with E-state index in [-0.39, 0.29) is 17.0 Å². The number of hydrogen-bond acceptors (Lipinski definition) is 5. The van der Waals surface area contributed by atoms with E-state index >= 15 is 0 Å². The highest BCUT2D eigenvalue weighted by Crippen LogP contribution is 2.12. The van der Waals surface area contributed by atoms with Crippen molar-refractivity contribution in [2.45, 2.75) is 0 Å². The Labute approximate surface area is 129 Å². The first kappa shape index (κ1) is 14.4. The number of carbonyl (C=O) groups is 1. The highest BCUT2D eigenvalue weighted by Gasteiger charge is 2.13. The van der Waals surface area contributed by atoms with E-state index in [1.165, 1.54) is 18.3 Å². The molecule has 3 rings (SSSR count). The summed E-state index contributed by atoms with van der Waals surface area (Å²) in [5, 5.41) is 13.3. The molecule has 0 atom stereocenters. The van der Waals surface area contributed by atoms with Crippen LogP contribution < -0.4 is 10.9 Å². The maximum absolute atomic E-state index is 12.4. The Balaban J connectivity index is 2.02. The van der Waals surface area contributed by atoms with E-state index in [0.717, 1.165) is 10.6 Å². The number of nitrogens with zero attached hydrogens (tertiary/aromatic N) is 3. The summed E-state index contributed by atoms with van der Waals surface area (Å²) < 4.78 is 1.03. The van der Waals surface area contributed by atoms with Gasteiger partial charge in [-0.25, -0.2) is 4.98 Å². The van der Waals surface area contributed by atoms with Gasteiger partial charge in [0.15, 0.2) is 0 Å². The second-order valence-electron chi connectivity index (χ2n) is 4.67. The number of aromatic nitrogens is 2. The highest BCUT2D eigenvalue weighted by molar-refractivity contribution is 6.04. The van der Waals surface area contributed by atoms with Gasteiger partial charge in [-0.1, -0.05) is 18.2 Å². The molecule has 8 heteroatoms. The molecule has 0 spiro atoms. The zero-order valence-corrected chi connectivity index (χ0v) is 11.7. The zero-order valence-electron chi connectivity index (χ0n) is 11.7. The molecule has 1 aromatic carbocycles. The van der Waals surface area contributed by atoms with Crippen LogP contribution in [0.15, 0.2) is 59.7 Å². The van der Waals surface area contributed by atoms with Crippen molar-refractivity contribution in [3.63, 3.8) is 0 Å². The molecular weight excluding hydrogens is 300 g/mol. The summed E-state index contributed by atoms with van der Waals surface area (Å²) >= 11 is 0. The number of fused-ring (bicyclic) bond motifs is 1. The lowest BCUT2D eigenvalue weighted by Crippen LogP contribution is -2.23. The summed E-state index contributed by atoms with van der Waals surface area (Å²) in [6.45, 7) is 0. The minimum atomic E-state index is -0.610. The SMILES string of the molecule is O=C(Nc1cnc2ccc([N+](=O)[O-])cn2c1=O)c1ccccc1. The van der Waals surface area contributed by atoms with Crippen LogP contribution in [0.3, 0.4) is 0 Å². The highest BCUT2D eigenvalue weighted by atomic mass is 16.6. The summed E-state index contributed by atoms with van der Waals surface area (Å²) in [4.78, 5) is 38.6. The lowest BCUT2D eigenvalue weighted by molar-refractivity contribution is -0.385. The van der Waals surface area contributed by atoms with Gasteiger partial charge in [0.1, 0.15) is 11.3 Å². The fourth-order valence-corrected chi connectivity index (χ4v) is 2.04. The molecule has 0 saturated heterocycles. The average molecular weight is 310 g/mol. The maximum atomic E-state index is 12.4. The Morgan fingerprint density at radius 1 is 1.17 bits per heavy atom. The molecule has 0 fully saturated rings. The molecular formula is C15H10N4O4. The van der Waals surface area contributed by atoms with Gasteiger partial charge < -0.3 is 5.32 Å². The van der Waals surface area contributed by atoms with E-state index in [2.05, 4.69) is 10.3 Å². The normalized spacial score (nSPS) is 10.4. The Morgan fingerprint density at radius 2 is 1.91 bits per heavy atom. The van der Waals surface area contributed by atoms with Crippen LogP contribution in [0.2, 0.25) is 0 Å². The number of carbonyl (C=O) groups excluding carboxylic acids is 1. The van der Waals surface area contributed by atoms with Crippen molar-refractivity contribution >= 4 is 22.9 Å². The number of rotatable bonds is 3. The van der Waals surface area contributed by atoms with Gasteiger partial charge >= 0.3 is 0 Å². The van der Waals surface area contributed by atoms with Gasteiger partial charge in [-0.3, -0.25) is 24.1 Å². The molecule has 8 nitrogen and oxygen atoms in total. The summed E-state index contributed by atoms with van der Waals surface area (Å²) in [6, 6.07) is 11.0. The number of hydrogen-bond donors (Lipinski definition) is 1. The van der Waals surface area contributed by atoms with Gasteiger partial charge in [-0.15, -0.1) is 0 Å². The summed E-state index contributed by atoms with van der Waals surface area (Å²) in [6.07, 6.45) is 2.30. The van der Waals surface area contributed by atoms with Gasteiger partial charge in [0.25, 0.3) is 17.2 Å². The summed E-state index contributed by atoms with van der Waals surface area (Å²) in [5.74, 6) is -0.463. The molecule has 3 aromatic rings. The van der Waals surface area contributed by atoms with E-state index in [9.17, 15) is 19.7 Å². The van der Waals surface area contributed by atoms with Crippen LogP contribution in [0.25, 0.3) is 5.65 Å². The number of pyridine rings is 1. The topological polar surface area (TPSA) is 107 Å². The lowest BCUT2D eigenvalue weighted by atomic mass is 10.2. The third-order valence-electron chi connectivity index (χ3n) is 3.18. The van der Waals surface area contributed by atoms with Crippen LogP contribution in [-0.4, -0.2) is 20.2 Å². The molecule has 114 valence electrons. The van der Waals surface area contributed by atoms with E-state index in [1.54, 1.807) is 30.3 Å². The number of nitro groups is 1. The van der Waals surface area contributed by atoms with Gasteiger partial charge in [0.05, 0.1) is 17.3 Å². The summed E-state index contributed by atoms with van der Waals surface area (Å²) in [5.41, 5.74) is -0.262. The van der Waals surface area contributed by atoms with E-state index in [1.807, 2.05) is 0 Å². The predicted octanol–water partition coefficient (Wildman–Crippen LogP) is 1.85. The molecule has 0 aliphatic carbocycles. The molecule has 2 aromatic heterocycles. The van der Waals surface area contributed by atoms with Crippen molar-refractivity contribution < 1.29 is 9.72 Å². The van der Waals surface area contributed by atoms with Crippen molar-refractivity contribution in [1.29, 1.82) is 0 Å². The number of benzene rings is 1. The molecule has 1 amide bonds. The fraction of sp³-hybridized carbons (Fsp3) is 0. The second kappa shape index (κ2) is 5.68. The first-order chi connectivity index (χ1) is 11.1. The molecule has 0 aliphatic heterocycles. The largest absolute Gasteiger partial charge is 0.316 e. The van der Waals surface area contributed by atoms with Gasteiger partial charge in [-0.05, 0) is 18.2 Å². The van der Waals surface area contributed by atoms with Crippen molar-refractivity contribution in [3.05, 3.63) is 80.9 Å². The Bertz CT molecular complexity index is 966. The first-order valence-corrected chi connectivity index (χ1v) is 6.58. The lowest BCUT2D eigenvalue weighted by Gasteiger charge is -2.06. The molecule has 0 bridgehead atoms. The minimum absolute atomic E-state index is 0.0585. The third-order valence-corrected chi connectivity index (χ3v) is 3.18. The van der Waals surface area contributed by atoms with Crippen LogP contribution >= 0.6 is 0 Å². The van der Waals surface area contributed by atoms with Crippen LogP contribution in [-0.2, 0) is 0 Å². The van der Waals surface area contributed by atoms with Crippen molar-refractivity contribution in [1.82, 2.24) is 9.38 Å². The maximum Gasteiger partial charge on any atom is 0.286 e. The third kappa shape index (κ3) is 2.77. The minimum Gasteiger partial charge on any atom is -0.316 e. The van der Waals surface area contributed by atoms with Crippen LogP contribution in [0.5, 0.6) is 0 Å². The molecule has 1 N–H and O–H groups in total. The molecule has 0 aliphatic rings. The monoisotopic (exact) mass is 310 g/mol. The second-order valence-corrected chi connectivity index (χ2v) is 4.67. The van der Waals surface area contributed by atoms with E-state index < -0.39 is 16.4 Å². The number of anilines is 1. The Morgan fingerprint density at radius 3 is 2.61 bits per heavy atom. The van der Waals surface area contributed by atoms with Crippen LogP contribution in [0, 0.1) is 10.1 Å². The first-order valence-electron chi connectivity index (χ1n) is 6.58.